The molecule has 2 aliphatic rings. The molecule has 0 unspecified atom stereocenters. The van der Waals surface area contributed by atoms with E-state index in [1.165, 1.54) is 39.0 Å². The van der Waals surface area contributed by atoms with Gasteiger partial charge in [0.2, 0.25) is 0 Å². The molecule has 2 fully saturated rings. The summed E-state index contributed by atoms with van der Waals surface area (Å²) in [6.07, 6.45) is 2.72. The Morgan fingerprint density at radius 3 is 1.90 bits per heavy atom. The maximum Gasteiger partial charge on any atom is 0.0198 e. The first-order valence-corrected chi connectivity index (χ1v) is 8.65. The Morgan fingerprint density at radius 2 is 1.40 bits per heavy atom. The van der Waals surface area contributed by atoms with Crippen LogP contribution in [0.4, 0.5) is 0 Å². The van der Waals surface area contributed by atoms with Crippen molar-refractivity contribution in [3.63, 3.8) is 0 Å². The van der Waals surface area contributed by atoms with E-state index >= 15 is 0 Å². The van der Waals surface area contributed by atoms with Crippen molar-refractivity contribution in [1.82, 2.24) is 14.7 Å². The van der Waals surface area contributed by atoms with Crippen LogP contribution >= 0.6 is 0 Å². The highest BCUT2D eigenvalue weighted by molar-refractivity contribution is 4.91. The molecule has 0 saturated carbocycles. The van der Waals surface area contributed by atoms with Crippen LogP contribution in [-0.2, 0) is 0 Å². The van der Waals surface area contributed by atoms with E-state index in [2.05, 4.69) is 56.2 Å². The number of piperazine rings is 1. The van der Waals surface area contributed by atoms with Crippen molar-refractivity contribution in [2.45, 2.75) is 84.6 Å². The number of hydrogen-bond donors (Lipinski definition) is 0. The average molecular weight is 281 g/mol. The number of nitrogens with zero attached hydrogens (tertiary/aromatic N) is 3. The first-order chi connectivity index (χ1) is 9.40. The van der Waals surface area contributed by atoms with Gasteiger partial charge in [-0.3, -0.25) is 9.80 Å². The highest BCUT2D eigenvalue weighted by Crippen LogP contribution is 2.25. The molecule has 2 saturated heterocycles. The van der Waals surface area contributed by atoms with Crippen LogP contribution < -0.4 is 0 Å². The summed E-state index contributed by atoms with van der Waals surface area (Å²) in [4.78, 5) is 8.11. The Morgan fingerprint density at radius 1 is 0.800 bits per heavy atom. The second-order valence-corrected chi connectivity index (χ2v) is 7.55. The van der Waals surface area contributed by atoms with E-state index in [1.807, 2.05) is 0 Å². The molecular weight excluding hydrogens is 246 g/mol. The molecule has 2 atom stereocenters. The van der Waals surface area contributed by atoms with Crippen molar-refractivity contribution in [2.24, 2.45) is 0 Å². The van der Waals surface area contributed by atoms with Crippen LogP contribution in [0.2, 0.25) is 0 Å². The molecule has 0 aromatic rings. The zero-order chi connectivity index (χ0) is 14.9. The van der Waals surface area contributed by atoms with E-state index in [1.54, 1.807) is 0 Å². The Balaban J connectivity index is 1.91. The van der Waals surface area contributed by atoms with Gasteiger partial charge in [0.05, 0.1) is 0 Å². The van der Waals surface area contributed by atoms with Gasteiger partial charge in [-0.05, 0) is 67.5 Å². The summed E-state index contributed by atoms with van der Waals surface area (Å²) in [5, 5.41) is 0. The maximum absolute atomic E-state index is 2.81. The minimum atomic E-state index is 0.678. The lowest BCUT2D eigenvalue weighted by Gasteiger charge is -2.50. The summed E-state index contributed by atoms with van der Waals surface area (Å²) in [7, 11) is 0. The molecule has 2 rings (SSSR count). The minimum absolute atomic E-state index is 0.678. The van der Waals surface area contributed by atoms with Gasteiger partial charge in [0.15, 0.2) is 0 Å². The fraction of sp³-hybridized carbons (Fsp3) is 1.00. The van der Waals surface area contributed by atoms with Gasteiger partial charge in [0.25, 0.3) is 0 Å². The van der Waals surface area contributed by atoms with Crippen molar-refractivity contribution in [1.29, 1.82) is 0 Å². The monoisotopic (exact) mass is 281 g/mol. The topological polar surface area (TPSA) is 9.72 Å². The third kappa shape index (κ3) is 3.55. The summed E-state index contributed by atoms with van der Waals surface area (Å²) >= 11 is 0. The summed E-state index contributed by atoms with van der Waals surface area (Å²) < 4.78 is 0. The van der Waals surface area contributed by atoms with Crippen LogP contribution in [-0.4, -0.2) is 71.1 Å². The van der Waals surface area contributed by atoms with Crippen LogP contribution in [0.5, 0.6) is 0 Å². The van der Waals surface area contributed by atoms with E-state index in [0.29, 0.717) is 24.2 Å². The molecule has 0 aromatic carbocycles. The molecule has 0 bridgehead atoms. The molecule has 20 heavy (non-hydrogen) atoms. The Labute approximate surface area is 126 Å². The van der Waals surface area contributed by atoms with Gasteiger partial charge in [0.1, 0.15) is 0 Å². The summed E-state index contributed by atoms with van der Waals surface area (Å²) in [6, 6.07) is 3.62. The van der Waals surface area contributed by atoms with E-state index in [4.69, 9.17) is 0 Å². The summed E-state index contributed by atoms with van der Waals surface area (Å²) in [5.74, 6) is 0. The van der Waals surface area contributed by atoms with Crippen LogP contribution in [0.1, 0.15) is 54.4 Å². The molecule has 0 radical (unpaired) electrons. The van der Waals surface area contributed by atoms with Crippen molar-refractivity contribution in [2.75, 3.05) is 26.2 Å². The normalized spacial score (nSPS) is 32.4. The first-order valence-electron chi connectivity index (χ1n) is 8.65. The zero-order valence-electron chi connectivity index (χ0n) is 14.5. The SMILES string of the molecule is CC(C)N1CCC(N2C[C@@H](C)N(C(C)C)C[C@H]2C)CC1. The highest BCUT2D eigenvalue weighted by Gasteiger charge is 2.35. The van der Waals surface area contributed by atoms with Crippen LogP contribution in [0.25, 0.3) is 0 Å². The Bertz CT molecular complexity index is 295. The second-order valence-electron chi connectivity index (χ2n) is 7.55. The van der Waals surface area contributed by atoms with Crippen molar-refractivity contribution in [3.05, 3.63) is 0 Å². The number of likely N-dealkylation sites (tertiary alicyclic amines) is 1. The lowest BCUT2D eigenvalue weighted by Crippen LogP contribution is -2.62. The van der Waals surface area contributed by atoms with Gasteiger partial charge in [-0.2, -0.15) is 0 Å². The van der Waals surface area contributed by atoms with Crippen LogP contribution in [0.15, 0.2) is 0 Å². The first kappa shape index (κ1) is 16.3. The van der Waals surface area contributed by atoms with Gasteiger partial charge in [-0.25, -0.2) is 0 Å². The Kier molecular flexibility index (Phi) is 5.49. The smallest absolute Gasteiger partial charge is 0.0198 e. The molecule has 2 aliphatic heterocycles. The van der Waals surface area contributed by atoms with Crippen molar-refractivity contribution < 1.29 is 0 Å². The van der Waals surface area contributed by atoms with Gasteiger partial charge in [-0.15, -0.1) is 0 Å². The predicted molar refractivity (Wildman–Crippen MR) is 87.2 cm³/mol. The van der Waals surface area contributed by atoms with E-state index in [0.717, 1.165) is 6.04 Å². The predicted octanol–water partition coefficient (Wildman–Crippen LogP) is 2.66. The second kappa shape index (κ2) is 6.76. The van der Waals surface area contributed by atoms with Gasteiger partial charge >= 0.3 is 0 Å². The summed E-state index contributed by atoms with van der Waals surface area (Å²) in [6.45, 7) is 19.2. The number of rotatable bonds is 3. The quantitative estimate of drug-likeness (QED) is 0.787. The van der Waals surface area contributed by atoms with Gasteiger partial charge in [-0.1, -0.05) is 0 Å². The van der Waals surface area contributed by atoms with E-state index in [-0.39, 0.29) is 0 Å². The van der Waals surface area contributed by atoms with Crippen LogP contribution in [0.3, 0.4) is 0 Å². The molecule has 0 N–H and O–H groups in total. The number of piperidine rings is 1. The summed E-state index contributed by atoms with van der Waals surface area (Å²) in [5.41, 5.74) is 0. The third-order valence-corrected chi connectivity index (χ3v) is 5.44. The average Bonchev–Trinajstić information content (AvgIpc) is 2.40. The fourth-order valence-corrected chi connectivity index (χ4v) is 4.14. The maximum atomic E-state index is 2.81. The van der Waals surface area contributed by atoms with E-state index < -0.39 is 0 Å². The zero-order valence-corrected chi connectivity index (χ0v) is 14.5. The van der Waals surface area contributed by atoms with Gasteiger partial charge in [0, 0.05) is 43.3 Å². The molecule has 118 valence electrons. The van der Waals surface area contributed by atoms with E-state index in [9.17, 15) is 0 Å². The molecule has 0 amide bonds. The largest absolute Gasteiger partial charge is 0.301 e. The molecule has 0 spiro atoms. The van der Waals surface area contributed by atoms with Gasteiger partial charge < -0.3 is 4.90 Å². The number of hydrogen-bond acceptors (Lipinski definition) is 3. The lowest BCUT2D eigenvalue weighted by atomic mass is 9.97. The third-order valence-electron chi connectivity index (χ3n) is 5.44. The van der Waals surface area contributed by atoms with Crippen LogP contribution in [0, 0.1) is 0 Å². The van der Waals surface area contributed by atoms with Crippen molar-refractivity contribution >= 4 is 0 Å². The van der Waals surface area contributed by atoms with Crippen molar-refractivity contribution in [3.8, 4) is 0 Å². The lowest BCUT2D eigenvalue weighted by molar-refractivity contribution is -0.0190. The molecule has 0 aliphatic carbocycles. The fourth-order valence-electron chi connectivity index (χ4n) is 4.14. The molecule has 3 heteroatoms. The standard InChI is InChI=1S/C17H35N3/c1-13(2)18-9-7-17(8-10-18)20-12-15(5)19(14(3)4)11-16(20)6/h13-17H,7-12H2,1-6H3/t15-,16-/m1/s1. The highest BCUT2D eigenvalue weighted by atomic mass is 15.3. The molecular formula is C17H35N3. The molecule has 0 aromatic heterocycles. The minimum Gasteiger partial charge on any atom is -0.301 e. The Hall–Kier alpha value is -0.120. The molecule has 2 heterocycles. The molecule has 3 nitrogen and oxygen atoms in total.